The van der Waals surface area contributed by atoms with Crippen molar-refractivity contribution in [1.29, 1.82) is 0 Å². The summed E-state index contributed by atoms with van der Waals surface area (Å²) in [7, 11) is -3.41. The Morgan fingerprint density at radius 1 is 1.46 bits per heavy atom. The molecule has 1 aliphatic heterocycles. The minimum atomic E-state index is -3.41. The average Bonchev–Trinajstić information content (AvgIpc) is 3.18. The number of rotatable bonds is 7. The average molecular weight is 399 g/mol. The van der Waals surface area contributed by atoms with E-state index in [4.69, 9.17) is 4.52 Å². The molecule has 0 unspecified atom stereocenters. The minimum Gasteiger partial charge on any atom is -0.339 e. The molecule has 2 aromatic heterocycles. The summed E-state index contributed by atoms with van der Waals surface area (Å²) >= 11 is 1.35. The van der Waals surface area contributed by atoms with Crippen molar-refractivity contribution in [3.63, 3.8) is 0 Å². The van der Waals surface area contributed by atoms with E-state index in [2.05, 4.69) is 15.1 Å². The first-order valence-corrected chi connectivity index (χ1v) is 11.0. The Morgan fingerprint density at radius 3 is 2.73 bits per heavy atom. The van der Waals surface area contributed by atoms with Gasteiger partial charge in [-0.15, -0.1) is 11.3 Å². The third kappa shape index (κ3) is 4.10. The second kappa shape index (κ2) is 7.41. The second-order valence-corrected chi connectivity index (χ2v) is 9.22. The Hall–Kier alpha value is -1.85. The Morgan fingerprint density at radius 2 is 2.19 bits per heavy atom. The molecular formula is C15H21N5O4S2. The first-order chi connectivity index (χ1) is 12.3. The van der Waals surface area contributed by atoms with Crippen LogP contribution in [0.3, 0.4) is 0 Å². The molecular weight excluding hydrogens is 378 g/mol. The van der Waals surface area contributed by atoms with Gasteiger partial charge in [0, 0.05) is 37.4 Å². The molecule has 0 aliphatic carbocycles. The van der Waals surface area contributed by atoms with Gasteiger partial charge in [-0.25, -0.2) is 13.4 Å². The monoisotopic (exact) mass is 399 g/mol. The number of carbonyl (C=O) groups excluding carboxylic acids is 1. The van der Waals surface area contributed by atoms with Gasteiger partial charge in [-0.05, 0) is 0 Å². The Labute approximate surface area is 156 Å². The molecule has 0 atom stereocenters. The molecule has 0 bridgehead atoms. The minimum absolute atomic E-state index is 0.124. The smallest absolute Gasteiger partial charge is 0.273 e. The number of aromatic nitrogens is 3. The first-order valence-electron chi connectivity index (χ1n) is 8.22. The number of likely N-dealkylation sites (tertiary alicyclic amines) is 1. The van der Waals surface area contributed by atoms with Gasteiger partial charge in [0.2, 0.25) is 15.9 Å². The number of thiazole rings is 1. The van der Waals surface area contributed by atoms with Crippen LogP contribution in [0.15, 0.2) is 15.4 Å². The summed E-state index contributed by atoms with van der Waals surface area (Å²) in [6.45, 7) is 4.85. The van der Waals surface area contributed by atoms with E-state index in [1.165, 1.54) is 21.9 Å². The fourth-order valence-corrected chi connectivity index (χ4v) is 4.34. The van der Waals surface area contributed by atoms with Crippen molar-refractivity contribution in [3.8, 4) is 0 Å². The number of sulfonamides is 1. The highest BCUT2D eigenvalue weighted by Gasteiger charge is 2.39. The largest absolute Gasteiger partial charge is 0.339 e. The van der Waals surface area contributed by atoms with Crippen molar-refractivity contribution in [2.45, 2.75) is 32.2 Å². The molecule has 0 saturated carbocycles. The third-order valence-electron chi connectivity index (χ3n) is 4.17. The van der Waals surface area contributed by atoms with Crippen LogP contribution in [0.4, 0.5) is 0 Å². The maximum Gasteiger partial charge on any atom is 0.273 e. The van der Waals surface area contributed by atoms with Crippen LogP contribution in [0.5, 0.6) is 0 Å². The van der Waals surface area contributed by atoms with E-state index in [9.17, 15) is 13.2 Å². The van der Waals surface area contributed by atoms with Crippen LogP contribution in [0.25, 0.3) is 0 Å². The maximum absolute atomic E-state index is 12.2. The fraction of sp³-hybridized carbons (Fsp3) is 0.600. The van der Waals surface area contributed by atoms with E-state index < -0.39 is 10.0 Å². The summed E-state index contributed by atoms with van der Waals surface area (Å²) in [5, 5.41) is 5.58. The van der Waals surface area contributed by atoms with Crippen molar-refractivity contribution in [1.82, 2.24) is 24.3 Å². The van der Waals surface area contributed by atoms with Crippen molar-refractivity contribution in [2.24, 2.45) is 0 Å². The zero-order valence-corrected chi connectivity index (χ0v) is 16.5. The quantitative estimate of drug-likeness (QED) is 0.682. The zero-order valence-electron chi connectivity index (χ0n) is 14.8. The van der Waals surface area contributed by atoms with Gasteiger partial charge in [-0.3, -0.25) is 4.79 Å². The first kappa shape index (κ1) is 18.9. The van der Waals surface area contributed by atoms with Crippen LogP contribution in [0.2, 0.25) is 0 Å². The topological polar surface area (TPSA) is 110 Å². The number of hydrogen-bond acceptors (Lipinski definition) is 8. The number of amides is 1. The maximum atomic E-state index is 12.2. The van der Waals surface area contributed by atoms with E-state index >= 15 is 0 Å². The predicted molar refractivity (Wildman–Crippen MR) is 95.4 cm³/mol. The van der Waals surface area contributed by atoms with Gasteiger partial charge >= 0.3 is 0 Å². The van der Waals surface area contributed by atoms with Crippen LogP contribution < -0.4 is 0 Å². The van der Waals surface area contributed by atoms with E-state index in [-0.39, 0.29) is 24.4 Å². The molecule has 0 radical (unpaired) electrons. The third-order valence-corrected chi connectivity index (χ3v) is 6.09. The Balaban J connectivity index is 1.60. The van der Waals surface area contributed by atoms with E-state index in [1.807, 2.05) is 13.8 Å². The Kier molecular flexibility index (Phi) is 5.39. The molecule has 1 amide bonds. The molecule has 3 rings (SSSR count). The van der Waals surface area contributed by atoms with Crippen molar-refractivity contribution >= 4 is 27.3 Å². The lowest BCUT2D eigenvalue weighted by Gasteiger charge is -2.43. The summed E-state index contributed by atoms with van der Waals surface area (Å²) < 4.78 is 30.9. The van der Waals surface area contributed by atoms with Gasteiger partial charge in [0.15, 0.2) is 5.82 Å². The molecule has 9 nitrogen and oxygen atoms in total. The molecule has 2 aromatic rings. The standard InChI is InChI=1S/C15H21N5O4S2/c1-10(2)14-17-13(18-24-14)4-5-20(26(3,22)23)11-6-19(7-11)15(21)12-8-25-9-16-12/h8-11H,4-7H2,1-3H3. The predicted octanol–water partition coefficient (Wildman–Crippen LogP) is 0.978. The van der Waals surface area contributed by atoms with Crippen LogP contribution >= 0.6 is 11.3 Å². The van der Waals surface area contributed by atoms with Gasteiger partial charge in [-0.2, -0.15) is 9.29 Å². The summed E-state index contributed by atoms with van der Waals surface area (Å²) in [4.78, 5) is 22.1. The summed E-state index contributed by atoms with van der Waals surface area (Å²) in [6.07, 6.45) is 1.54. The van der Waals surface area contributed by atoms with Crippen LogP contribution in [-0.2, 0) is 16.4 Å². The number of nitrogens with zero attached hydrogens (tertiary/aromatic N) is 5. The number of hydrogen-bond donors (Lipinski definition) is 0. The zero-order chi connectivity index (χ0) is 18.9. The lowest BCUT2D eigenvalue weighted by Crippen LogP contribution is -2.62. The number of carbonyl (C=O) groups is 1. The molecule has 0 spiro atoms. The molecule has 26 heavy (non-hydrogen) atoms. The van der Waals surface area contributed by atoms with Crippen LogP contribution in [0, 0.1) is 0 Å². The lowest BCUT2D eigenvalue weighted by molar-refractivity contribution is 0.0449. The van der Waals surface area contributed by atoms with Gasteiger partial charge in [0.1, 0.15) is 5.69 Å². The van der Waals surface area contributed by atoms with Crippen molar-refractivity contribution in [3.05, 3.63) is 28.3 Å². The summed E-state index contributed by atoms with van der Waals surface area (Å²) in [6, 6.07) is -0.246. The highest BCUT2D eigenvalue weighted by molar-refractivity contribution is 7.88. The van der Waals surface area contributed by atoms with Crippen LogP contribution in [0.1, 0.15) is 42.0 Å². The molecule has 142 valence electrons. The second-order valence-electron chi connectivity index (χ2n) is 6.56. The molecule has 1 aliphatic rings. The summed E-state index contributed by atoms with van der Waals surface area (Å²) in [5.74, 6) is 0.974. The molecule has 0 N–H and O–H groups in total. The fourth-order valence-electron chi connectivity index (χ4n) is 2.72. The molecule has 0 aromatic carbocycles. The molecule has 1 fully saturated rings. The van der Waals surface area contributed by atoms with Crippen LogP contribution in [-0.4, -0.2) is 70.6 Å². The van der Waals surface area contributed by atoms with Crippen molar-refractivity contribution < 1.29 is 17.7 Å². The van der Waals surface area contributed by atoms with E-state index in [1.54, 1.807) is 15.8 Å². The van der Waals surface area contributed by atoms with E-state index in [0.29, 0.717) is 36.9 Å². The van der Waals surface area contributed by atoms with Gasteiger partial charge < -0.3 is 9.42 Å². The molecule has 11 heteroatoms. The van der Waals surface area contributed by atoms with E-state index in [0.717, 1.165) is 0 Å². The van der Waals surface area contributed by atoms with Crippen molar-refractivity contribution in [2.75, 3.05) is 25.9 Å². The lowest BCUT2D eigenvalue weighted by atomic mass is 10.1. The SMILES string of the molecule is CC(C)c1nc(CCN(C2CN(C(=O)c3cscn3)C2)S(C)(=O)=O)no1. The van der Waals surface area contributed by atoms with Gasteiger partial charge in [0.05, 0.1) is 17.8 Å². The van der Waals surface area contributed by atoms with Gasteiger partial charge in [-0.1, -0.05) is 19.0 Å². The Bertz CT molecular complexity index is 856. The molecule has 3 heterocycles. The highest BCUT2D eigenvalue weighted by Crippen LogP contribution is 2.21. The normalized spacial score (nSPS) is 15.7. The van der Waals surface area contributed by atoms with Gasteiger partial charge in [0.25, 0.3) is 5.91 Å². The highest BCUT2D eigenvalue weighted by atomic mass is 32.2. The molecule has 1 saturated heterocycles. The summed E-state index contributed by atoms with van der Waals surface area (Å²) in [5.41, 5.74) is 2.00.